The standard InChI is InChI=1S/C25H17N3/c1-16-11-12-21-24(13-16)28-23(17-7-3-2-4-8-17)15-22-19(25(28)27-21)14-18-9-5-6-10-20(18)26-22/h2-15H,1H3. The van der Waals surface area contributed by atoms with Gasteiger partial charge in [0.15, 0.2) is 0 Å². The van der Waals surface area contributed by atoms with Gasteiger partial charge in [-0.2, -0.15) is 0 Å². The van der Waals surface area contributed by atoms with Gasteiger partial charge in [-0.05, 0) is 48.4 Å². The Bertz CT molecular complexity index is 1510. The minimum absolute atomic E-state index is 0.954. The van der Waals surface area contributed by atoms with Crippen LogP contribution in [-0.2, 0) is 0 Å². The lowest BCUT2D eigenvalue weighted by atomic mass is 10.1. The number of aromatic nitrogens is 3. The molecule has 0 aliphatic rings. The van der Waals surface area contributed by atoms with Crippen LogP contribution in [-0.4, -0.2) is 14.4 Å². The van der Waals surface area contributed by atoms with Crippen molar-refractivity contribution in [3.8, 4) is 11.3 Å². The predicted octanol–water partition coefficient (Wildman–Crippen LogP) is 6.16. The SMILES string of the molecule is Cc1ccc2nc3c4cc5ccccc5nc4cc(-c4ccccc4)n3c2c1. The molecule has 0 bridgehead atoms. The molecule has 0 amide bonds. The van der Waals surface area contributed by atoms with Gasteiger partial charge in [0.1, 0.15) is 5.65 Å². The fraction of sp³-hybridized carbons (Fsp3) is 0.0400. The van der Waals surface area contributed by atoms with Crippen LogP contribution in [0.2, 0.25) is 0 Å². The summed E-state index contributed by atoms with van der Waals surface area (Å²) in [5.74, 6) is 0. The monoisotopic (exact) mass is 359 g/mol. The fourth-order valence-corrected chi connectivity index (χ4v) is 4.05. The highest BCUT2D eigenvalue weighted by Gasteiger charge is 2.15. The average Bonchev–Trinajstić information content (AvgIpc) is 3.11. The molecule has 28 heavy (non-hydrogen) atoms. The van der Waals surface area contributed by atoms with Gasteiger partial charge < -0.3 is 0 Å². The minimum atomic E-state index is 0.954. The Labute approximate surface area is 161 Å². The first-order chi connectivity index (χ1) is 13.8. The van der Waals surface area contributed by atoms with Crippen LogP contribution < -0.4 is 0 Å². The van der Waals surface area contributed by atoms with E-state index in [4.69, 9.17) is 9.97 Å². The second kappa shape index (κ2) is 5.64. The average molecular weight is 359 g/mol. The maximum Gasteiger partial charge on any atom is 0.147 e. The van der Waals surface area contributed by atoms with Crippen molar-refractivity contribution < 1.29 is 0 Å². The van der Waals surface area contributed by atoms with Crippen LogP contribution in [0.15, 0.2) is 84.9 Å². The number of aryl methyl sites for hydroxylation is 1. The quantitative estimate of drug-likeness (QED) is 0.329. The Balaban J connectivity index is 1.87. The van der Waals surface area contributed by atoms with Gasteiger partial charge in [-0.3, -0.25) is 4.40 Å². The van der Waals surface area contributed by atoms with Gasteiger partial charge in [0.2, 0.25) is 0 Å². The Hall–Kier alpha value is -3.72. The van der Waals surface area contributed by atoms with Crippen molar-refractivity contribution in [2.75, 3.05) is 0 Å². The maximum absolute atomic E-state index is 5.00. The number of rotatable bonds is 1. The Kier molecular flexibility index (Phi) is 3.09. The van der Waals surface area contributed by atoms with Crippen LogP contribution in [0.5, 0.6) is 0 Å². The molecule has 3 aromatic heterocycles. The number of fused-ring (bicyclic) bond motifs is 6. The zero-order valence-corrected chi connectivity index (χ0v) is 15.4. The Morgan fingerprint density at radius 3 is 2.39 bits per heavy atom. The molecule has 6 rings (SSSR count). The van der Waals surface area contributed by atoms with Crippen LogP contribution in [0.1, 0.15) is 5.56 Å². The number of benzene rings is 3. The van der Waals surface area contributed by atoms with Crippen molar-refractivity contribution in [1.29, 1.82) is 0 Å². The third kappa shape index (κ3) is 2.16. The number of imidazole rings is 1. The van der Waals surface area contributed by atoms with E-state index in [1.165, 1.54) is 5.56 Å². The summed E-state index contributed by atoms with van der Waals surface area (Å²) in [4.78, 5) is 9.95. The second-order valence-corrected chi connectivity index (χ2v) is 7.27. The zero-order chi connectivity index (χ0) is 18.7. The zero-order valence-electron chi connectivity index (χ0n) is 15.4. The lowest BCUT2D eigenvalue weighted by Crippen LogP contribution is -1.95. The van der Waals surface area contributed by atoms with E-state index < -0.39 is 0 Å². The molecule has 0 saturated heterocycles. The van der Waals surface area contributed by atoms with E-state index in [1.807, 2.05) is 12.1 Å². The van der Waals surface area contributed by atoms with E-state index in [-0.39, 0.29) is 0 Å². The molecule has 3 nitrogen and oxygen atoms in total. The molecule has 0 fully saturated rings. The van der Waals surface area contributed by atoms with Gasteiger partial charge in [-0.15, -0.1) is 0 Å². The summed E-state index contributed by atoms with van der Waals surface area (Å²) >= 11 is 0. The van der Waals surface area contributed by atoms with E-state index in [2.05, 4.69) is 84.1 Å². The second-order valence-electron chi connectivity index (χ2n) is 7.27. The summed E-state index contributed by atoms with van der Waals surface area (Å²) in [6.07, 6.45) is 0. The van der Waals surface area contributed by atoms with Crippen molar-refractivity contribution in [2.45, 2.75) is 6.92 Å². The summed E-state index contributed by atoms with van der Waals surface area (Å²) in [5, 5.41) is 2.21. The first-order valence-electron chi connectivity index (χ1n) is 9.45. The Morgan fingerprint density at radius 1 is 0.679 bits per heavy atom. The van der Waals surface area contributed by atoms with Crippen molar-refractivity contribution >= 4 is 38.5 Å². The minimum Gasteiger partial charge on any atom is -0.292 e. The molecule has 0 aliphatic heterocycles. The van der Waals surface area contributed by atoms with Gasteiger partial charge in [0.25, 0.3) is 0 Å². The van der Waals surface area contributed by atoms with Crippen molar-refractivity contribution in [3.63, 3.8) is 0 Å². The third-order valence-corrected chi connectivity index (χ3v) is 5.39. The van der Waals surface area contributed by atoms with E-state index >= 15 is 0 Å². The molecule has 132 valence electrons. The molecule has 6 aromatic rings. The first-order valence-corrected chi connectivity index (χ1v) is 9.45. The van der Waals surface area contributed by atoms with E-state index in [0.29, 0.717) is 0 Å². The van der Waals surface area contributed by atoms with Crippen LogP contribution >= 0.6 is 0 Å². The van der Waals surface area contributed by atoms with Gasteiger partial charge in [-0.1, -0.05) is 54.6 Å². The van der Waals surface area contributed by atoms with Gasteiger partial charge in [0, 0.05) is 10.8 Å². The van der Waals surface area contributed by atoms with Gasteiger partial charge >= 0.3 is 0 Å². The Morgan fingerprint density at radius 2 is 1.50 bits per heavy atom. The van der Waals surface area contributed by atoms with Crippen molar-refractivity contribution in [1.82, 2.24) is 14.4 Å². The van der Waals surface area contributed by atoms with E-state index in [0.717, 1.165) is 49.7 Å². The maximum atomic E-state index is 5.00. The van der Waals surface area contributed by atoms with Gasteiger partial charge in [0.05, 0.1) is 27.8 Å². The molecule has 0 aliphatic carbocycles. The lowest BCUT2D eigenvalue weighted by Gasteiger charge is -2.11. The molecule has 3 aromatic carbocycles. The van der Waals surface area contributed by atoms with Gasteiger partial charge in [-0.25, -0.2) is 9.97 Å². The predicted molar refractivity (Wildman–Crippen MR) is 116 cm³/mol. The number of nitrogens with zero attached hydrogens (tertiary/aromatic N) is 3. The highest BCUT2D eigenvalue weighted by Crippen LogP contribution is 2.32. The molecule has 0 radical (unpaired) electrons. The molecular formula is C25H17N3. The summed E-state index contributed by atoms with van der Waals surface area (Å²) in [7, 11) is 0. The molecule has 0 saturated carbocycles. The lowest BCUT2D eigenvalue weighted by molar-refractivity contribution is 1.24. The van der Waals surface area contributed by atoms with Crippen LogP contribution in [0.3, 0.4) is 0 Å². The number of pyridine rings is 2. The van der Waals surface area contributed by atoms with Crippen LogP contribution in [0.25, 0.3) is 49.7 Å². The van der Waals surface area contributed by atoms with Crippen LogP contribution in [0, 0.1) is 6.92 Å². The van der Waals surface area contributed by atoms with Crippen LogP contribution in [0.4, 0.5) is 0 Å². The number of para-hydroxylation sites is 1. The smallest absolute Gasteiger partial charge is 0.147 e. The number of hydrogen-bond donors (Lipinski definition) is 0. The number of hydrogen-bond acceptors (Lipinski definition) is 2. The third-order valence-electron chi connectivity index (χ3n) is 5.39. The molecule has 3 heteroatoms. The largest absolute Gasteiger partial charge is 0.292 e. The topological polar surface area (TPSA) is 30.2 Å². The fourth-order valence-electron chi connectivity index (χ4n) is 4.05. The highest BCUT2D eigenvalue weighted by molar-refractivity contribution is 6.04. The molecule has 0 spiro atoms. The summed E-state index contributed by atoms with van der Waals surface area (Å²) in [6, 6.07) is 29.6. The normalized spacial score (nSPS) is 11.8. The van der Waals surface area contributed by atoms with E-state index in [1.54, 1.807) is 0 Å². The van der Waals surface area contributed by atoms with Crippen molar-refractivity contribution in [3.05, 3.63) is 90.5 Å². The highest BCUT2D eigenvalue weighted by atomic mass is 15.0. The molecule has 3 heterocycles. The summed E-state index contributed by atoms with van der Waals surface area (Å²) in [6.45, 7) is 2.12. The summed E-state index contributed by atoms with van der Waals surface area (Å²) in [5.41, 5.74) is 8.55. The summed E-state index contributed by atoms with van der Waals surface area (Å²) < 4.78 is 2.27. The van der Waals surface area contributed by atoms with Crippen molar-refractivity contribution in [2.24, 2.45) is 0 Å². The first kappa shape index (κ1) is 15.3. The molecule has 0 atom stereocenters. The molecule has 0 unspecified atom stereocenters. The molecule has 0 N–H and O–H groups in total. The molecular weight excluding hydrogens is 342 g/mol. The van der Waals surface area contributed by atoms with E-state index in [9.17, 15) is 0 Å².